The highest BCUT2D eigenvalue weighted by Crippen LogP contribution is 2.36. The maximum absolute atomic E-state index is 14.0. The van der Waals surface area contributed by atoms with Gasteiger partial charge in [0.1, 0.15) is 9.09 Å². The summed E-state index contributed by atoms with van der Waals surface area (Å²) in [5, 5.41) is 2.57. The van der Waals surface area contributed by atoms with Crippen LogP contribution in [-0.4, -0.2) is 33.1 Å². The van der Waals surface area contributed by atoms with E-state index in [1.165, 1.54) is 4.72 Å². The van der Waals surface area contributed by atoms with Crippen LogP contribution in [0.15, 0.2) is 16.3 Å². The molecule has 11 heteroatoms. The second-order valence-corrected chi connectivity index (χ2v) is 7.44. The van der Waals surface area contributed by atoms with Crippen molar-refractivity contribution in [2.45, 2.75) is 22.5 Å². The first-order chi connectivity index (χ1) is 9.55. The summed E-state index contributed by atoms with van der Waals surface area (Å²) in [6, 6.07) is 1.31. The Bertz CT molecular complexity index is 648. The van der Waals surface area contributed by atoms with Gasteiger partial charge in [-0.1, -0.05) is 0 Å². The summed E-state index contributed by atoms with van der Waals surface area (Å²) >= 11 is -0.0356. The highest BCUT2D eigenvalue weighted by molar-refractivity contribution is 7.92. The highest BCUT2D eigenvalue weighted by Gasteiger charge is 2.43. The number of alkyl halides is 4. The molecule has 1 aliphatic rings. The van der Waals surface area contributed by atoms with Gasteiger partial charge in [-0.05, 0) is 18.7 Å². The van der Waals surface area contributed by atoms with Gasteiger partial charge in [-0.3, -0.25) is 4.79 Å². The van der Waals surface area contributed by atoms with E-state index in [1.54, 1.807) is 0 Å². The zero-order chi connectivity index (χ0) is 15.9. The molecule has 118 valence electrons. The van der Waals surface area contributed by atoms with Crippen LogP contribution in [0.1, 0.15) is 11.3 Å². The minimum atomic E-state index is -4.68. The summed E-state index contributed by atoms with van der Waals surface area (Å²) in [5.41, 5.74) is -2.38. The molecule has 2 heterocycles. The Balaban J connectivity index is 2.19. The average Bonchev–Trinajstić information content (AvgIpc) is 2.96. The summed E-state index contributed by atoms with van der Waals surface area (Å²) in [4.78, 5) is 10.5. The minimum Gasteiger partial charge on any atom is -0.313 e. The Hall–Kier alpha value is -1.20. The molecule has 21 heavy (non-hydrogen) atoms. The van der Waals surface area contributed by atoms with E-state index in [1.807, 2.05) is 0 Å². The largest absolute Gasteiger partial charge is 0.425 e. The number of rotatable bonds is 3. The van der Waals surface area contributed by atoms with Gasteiger partial charge in [0.25, 0.3) is 15.9 Å². The molecule has 5 nitrogen and oxygen atoms in total. The first-order valence-electron chi connectivity index (χ1n) is 5.68. The number of hydrogen-bond acceptors (Lipinski definition) is 5. The van der Waals surface area contributed by atoms with Crippen LogP contribution in [-0.2, 0) is 21.0 Å². The van der Waals surface area contributed by atoms with E-state index in [0.717, 1.165) is 6.07 Å². The molecule has 0 saturated carbocycles. The van der Waals surface area contributed by atoms with Crippen LogP contribution in [0.3, 0.4) is 0 Å². The summed E-state index contributed by atoms with van der Waals surface area (Å²) in [5.74, 6) is -1.38. The van der Waals surface area contributed by atoms with Gasteiger partial charge in [-0.15, -0.1) is 11.3 Å². The summed E-state index contributed by atoms with van der Waals surface area (Å²) < 4.78 is 75.7. The number of carbonyl (C=O) groups excluding carboxylic acids is 1. The van der Waals surface area contributed by atoms with Gasteiger partial charge in [0.15, 0.2) is 0 Å². The van der Waals surface area contributed by atoms with Gasteiger partial charge < -0.3 is 5.32 Å². The Labute approximate surface area is 121 Å². The monoisotopic (exact) mass is 346 g/mol. The molecular formula is C10H10F4N2O3S2. The Morgan fingerprint density at radius 1 is 1.38 bits per heavy atom. The molecule has 0 aromatic carbocycles. The first-order valence-corrected chi connectivity index (χ1v) is 7.98. The van der Waals surface area contributed by atoms with Gasteiger partial charge in [-0.2, -0.15) is 13.2 Å². The predicted molar refractivity (Wildman–Crippen MR) is 66.0 cm³/mol. The summed E-state index contributed by atoms with van der Waals surface area (Å²) in [6.45, 7) is -0.131. The molecule has 0 spiro atoms. The fourth-order valence-corrected chi connectivity index (χ4v) is 3.95. The maximum Gasteiger partial charge on any atom is 0.425 e. The predicted octanol–water partition coefficient (Wildman–Crippen LogP) is 1.27. The number of nitrogens with one attached hydrogen (secondary N) is 2. The van der Waals surface area contributed by atoms with Crippen molar-refractivity contribution in [3.05, 3.63) is 17.0 Å². The fraction of sp³-hybridized carbons (Fsp3) is 0.500. The van der Waals surface area contributed by atoms with Crippen LogP contribution in [0.4, 0.5) is 17.6 Å². The first kappa shape index (κ1) is 16.2. The van der Waals surface area contributed by atoms with Gasteiger partial charge in [0.2, 0.25) is 5.67 Å². The molecule has 0 bridgehead atoms. The lowest BCUT2D eigenvalue weighted by Crippen LogP contribution is -2.46. The number of sulfonamides is 1. The molecule has 1 aromatic heterocycles. The van der Waals surface area contributed by atoms with E-state index in [9.17, 15) is 30.8 Å². The third-order valence-corrected chi connectivity index (χ3v) is 5.82. The average molecular weight is 346 g/mol. The second-order valence-electron chi connectivity index (χ2n) is 4.44. The zero-order valence-electron chi connectivity index (χ0n) is 10.3. The van der Waals surface area contributed by atoms with E-state index in [-0.39, 0.29) is 30.8 Å². The van der Waals surface area contributed by atoms with Crippen molar-refractivity contribution in [3.8, 4) is 0 Å². The third-order valence-electron chi connectivity index (χ3n) is 2.86. The van der Waals surface area contributed by atoms with E-state index in [0.29, 0.717) is 6.07 Å². The van der Waals surface area contributed by atoms with Gasteiger partial charge in [0, 0.05) is 13.0 Å². The third kappa shape index (κ3) is 3.35. The quantitative estimate of drug-likeness (QED) is 0.809. The molecule has 2 N–H and O–H groups in total. The van der Waals surface area contributed by atoms with Crippen molar-refractivity contribution in [2.75, 3.05) is 13.1 Å². The summed E-state index contributed by atoms with van der Waals surface area (Å²) in [7, 11) is -4.52. The lowest BCUT2D eigenvalue weighted by atomic mass is 10.1. The normalized spacial score (nSPS) is 23.2. The van der Waals surface area contributed by atoms with E-state index < -0.39 is 36.9 Å². The maximum atomic E-state index is 14.0. The van der Waals surface area contributed by atoms with Crippen molar-refractivity contribution in [3.63, 3.8) is 0 Å². The molecule has 2 rings (SSSR count). The Morgan fingerprint density at radius 2 is 2.05 bits per heavy atom. The Morgan fingerprint density at radius 3 is 2.52 bits per heavy atom. The zero-order valence-corrected chi connectivity index (χ0v) is 12.0. The highest BCUT2D eigenvalue weighted by atomic mass is 32.2. The minimum absolute atomic E-state index is 0.0356. The lowest BCUT2D eigenvalue weighted by molar-refractivity contribution is -0.134. The number of hydrogen-bond donors (Lipinski definition) is 2. The number of amides is 1. The fourth-order valence-electron chi connectivity index (χ4n) is 1.74. The van der Waals surface area contributed by atoms with Gasteiger partial charge >= 0.3 is 6.18 Å². The van der Waals surface area contributed by atoms with Crippen LogP contribution >= 0.6 is 11.3 Å². The van der Waals surface area contributed by atoms with Crippen LogP contribution in [0.2, 0.25) is 0 Å². The van der Waals surface area contributed by atoms with Gasteiger partial charge in [0.05, 0.1) is 0 Å². The molecule has 1 fully saturated rings. The van der Waals surface area contributed by atoms with E-state index in [2.05, 4.69) is 5.32 Å². The SMILES string of the molecule is O=C(NS(=O)(=O)c1ccc(C(F)(F)F)s1)C1(F)CCNC1. The smallest absolute Gasteiger partial charge is 0.313 e. The lowest BCUT2D eigenvalue weighted by Gasteiger charge is -2.16. The topological polar surface area (TPSA) is 75.3 Å². The van der Waals surface area contributed by atoms with E-state index >= 15 is 0 Å². The molecule has 1 aliphatic heterocycles. The molecule has 0 aliphatic carbocycles. The van der Waals surface area contributed by atoms with Crippen molar-refractivity contribution >= 4 is 27.3 Å². The van der Waals surface area contributed by atoms with Crippen molar-refractivity contribution < 1.29 is 30.8 Å². The molecule has 1 unspecified atom stereocenters. The number of thiophene rings is 1. The Kier molecular flexibility index (Phi) is 4.02. The van der Waals surface area contributed by atoms with Crippen molar-refractivity contribution in [2.24, 2.45) is 0 Å². The molecule has 0 radical (unpaired) electrons. The summed E-state index contributed by atoms with van der Waals surface area (Å²) in [6.07, 6.45) is -4.88. The van der Waals surface area contributed by atoms with Crippen LogP contribution in [0, 0.1) is 0 Å². The number of carbonyl (C=O) groups is 1. The van der Waals surface area contributed by atoms with Crippen molar-refractivity contribution in [1.82, 2.24) is 10.0 Å². The second kappa shape index (κ2) is 5.21. The molecule has 1 saturated heterocycles. The molecular weight excluding hydrogens is 336 g/mol. The number of halogens is 4. The van der Waals surface area contributed by atoms with E-state index in [4.69, 9.17) is 0 Å². The molecule has 1 atom stereocenters. The molecule has 1 aromatic rings. The van der Waals surface area contributed by atoms with Crippen LogP contribution in [0.25, 0.3) is 0 Å². The van der Waals surface area contributed by atoms with Gasteiger partial charge in [-0.25, -0.2) is 17.5 Å². The standard InChI is InChI=1S/C10H10F4N2O3S2/c11-9(3-4-15-5-9)8(17)16-21(18,19)7-2-1-6(20-7)10(12,13)14/h1-2,15H,3-5H2,(H,16,17). The van der Waals surface area contributed by atoms with Crippen LogP contribution in [0.5, 0.6) is 0 Å². The van der Waals surface area contributed by atoms with Crippen LogP contribution < -0.4 is 10.0 Å². The molecule has 1 amide bonds. The van der Waals surface area contributed by atoms with Crippen molar-refractivity contribution in [1.29, 1.82) is 0 Å².